The second-order valence-corrected chi connectivity index (χ2v) is 4.66. The fraction of sp³-hybridized carbons (Fsp3) is 0.0625. The zero-order valence-electron chi connectivity index (χ0n) is 10.7. The normalized spacial score (nSPS) is 12.6. The molecular formula is C16H10F3NO. The van der Waals surface area contributed by atoms with E-state index in [0.717, 1.165) is 23.0 Å². The van der Waals surface area contributed by atoms with E-state index in [0.29, 0.717) is 5.56 Å². The zero-order chi connectivity index (χ0) is 15.0. The standard InChI is InChI=1S/C16H10F3NO/c17-12-6-10(7-13(18)15(12)19)16(21)11-5-9-3-1-2-4-14(9)20-8-11/h1-8,16,21H. The number of rotatable bonds is 2. The van der Waals surface area contributed by atoms with Crippen molar-refractivity contribution in [2.45, 2.75) is 6.10 Å². The lowest BCUT2D eigenvalue weighted by Crippen LogP contribution is -2.03. The van der Waals surface area contributed by atoms with Gasteiger partial charge in [-0.15, -0.1) is 0 Å². The van der Waals surface area contributed by atoms with Crippen LogP contribution in [0.2, 0.25) is 0 Å². The van der Waals surface area contributed by atoms with E-state index >= 15 is 0 Å². The maximum Gasteiger partial charge on any atom is 0.194 e. The molecule has 1 N–H and O–H groups in total. The first-order valence-corrected chi connectivity index (χ1v) is 6.23. The lowest BCUT2D eigenvalue weighted by molar-refractivity contribution is 0.218. The number of hydrogen-bond donors (Lipinski definition) is 1. The average Bonchev–Trinajstić information content (AvgIpc) is 2.51. The number of halogens is 3. The van der Waals surface area contributed by atoms with Gasteiger partial charge in [0, 0.05) is 17.1 Å². The summed E-state index contributed by atoms with van der Waals surface area (Å²) >= 11 is 0. The summed E-state index contributed by atoms with van der Waals surface area (Å²) in [7, 11) is 0. The van der Waals surface area contributed by atoms with Crippen molar-refractivity contribution in [2.24, 2.45) is 0 Å². The Hall–Kier alpha value is -2.40. The van der Waals surface area contributed by atoms with Gasteiger partial charge in [0.15, 0.2) is 17.5 Å². The molecule has 0 radical (unpaired) electrons. The first-order chi connectivity index (χ1) is 10.1. The molecule has 1 atom stereocenters. The molecule has 0 amide bonds. The number of nitrogens with zero attached hydrogens (tertiary/aromatic N) is 1. The third kappa shape index (κ3) is 2.48. The Morgan fingerprint density at radius 1 is 0.905 bits per heavy atom. The maximum atomic E-state index is 13.2. The number of benzene rings is 2. The lowest BCUT2D eigenvalue weighted by atomic mass is 10.0. The van der Waals surface area contributed by atoms with Gasteiger partial charge >= 0.3 is 0 Å². The molecule has 2 nitrogen and oxygen atoms in total. The van der Waals surface area contributed by atoms with Crippen molar-refractivity contribution in [3.8, 4) is 0 Å². The Kier molecular flexibility index (Phi) is 3.35. The summed E-state index contributed by atoms with van der Waals surface area (Å²) in [5.74, 6) is -4.22. The van der Waals surface area contributed by atoms with Gasteiger partial charge in [0.25, 0.3) is 0 Å². The van der Waals surface area contributed by atoms with E-state index in [-0.39, 0.29) is 5.56 Å². The van der Waals surface area contributed by atoms with Crippen LogP contribution in [0.3, 0.4) is 0 Å². The highest BCUT2D eigenvalue weighted by Gasteiger charge is 2.17. The van der Waals surface area contributed by atoms with Crippen LogP contribution in [0.15, 0.2) is 48.7 Å². The van der Waals surface area contributed by atoms with E-state index in [2.05, 4.69) is 4.98 Å². The summed E-state index contributed by atoms with van der Waals surface area (Å²) in [5, 5.41) is 11.0. The molecule has 0 aliphatic heterocycles. The Bertz CT molecular complexity index is 796. The fourth-order valence-electron chi connectivity index (χ4n) is 2.16. The highest BCUT2D eigenvalue weighted by molar-refractivity contribution is 5.78. The molecule has 5 heteroatoms. The van der Waals surface area contributed by atoms with Crippen LogP contribution >= 0.6 is 0 Å². The van der Waals surface area contributed by atoms with Crippen molar-refractivity contribution in [1.29, 1.82) is 0 Å². The topological polar surface area (TPSA) is 33.1 Å². The SMILES string of the molecule is OC(c1cc(F)c(F)c(F)c1)c1cnc2ccccc2c1. The predicted molar refractivity (Wildman–Crippen MR) is 72.1 cm³/mol. The van der Waals surface area contributed by atoms with Crippen molar-refractivity contribution in [3.63, 3.8) is 0 Å². The zero-order valence-corrected chi connectivity index (χ0v) is 10.7. The van der Waals surface area contributed by atoms with Crippen LogP contribution in [0, 0.1) is 17.5 Å². The summed E-state index contributed by atoms with van der Waals surface area (Å²) in [6, 6.07) is 10.5. The summed E-state index contributed by atoms with van der Waals surface area (Å²) < 4.78 is 39.4. The number of pyridine rings is 1. The Morgan fingerprint density at radius 2 is 1.57 bits per heavy atom. The van der Waals surface area contributed by atoms with Crippen molar-refractivity contribution in [1.82, 2.24) is 4.98 Å². The summed E-state index contributed by atoms with van der Waals surface area (Å²) in [4.78, 5) is 4.17. The van der Waals surface area contributed by atoms with Gasteiger partial charge in [-0.05, 0) is 29.8 Å². The van der Waals surface area contributed by atoms with Crippen LogP contribution < -0.4 is 0 Å². The molecule has 0 aliphatic rings. The van der Waals surface area contributed by atoms with Crippen molar-refractivity contribution in [3.05, 3.63) is 77.2 Å². The van der Waals surface area contributed by atoms with Crippen LogP contribution in [0.25, 0.3) is 10.9 Å². The molecular weight excluding hydrogens is 279 g/mol. The molecule has 106 valence electrons. The molecule has 2 aromatic carbocycles. The second-order valence-electron chi connectivity index (χ2n) is 4.66. The maximum absolute atomic E-state index is 13.2. The van der Waals surface area contributed by atoms with Gasteiger partial charge in [-0.1, -0.05) is 18.2 Å². The smallest absolute Gasteiger partial charge is 0.194 e. The molecule has 0 fully saturated rings. The molecule has 1 aromatic heterocycles. The van der Waals surface area contributed by atoms with Crippen molar-refractivity contribution in [2.75, 3.05) is 0 Å². The van der Waals surface area contributed by atoms with Crippen molar-refractivity contribution >= 4 is 10.9 Å². The number of aromatic nitrogens is 1. The third-order valence-electron chi connectivity index (χ3n) is 3.25. The summed E-state index contributed by atoms with van der Waals surface area (Å²) in [5.41, 5.74) is 1.05. The number of para-hydroxylation sites is 1. The highest BCUT2D eigenvalue weighted by atomic mass is 19.2. The molecule has 1 unspecified atom stereocenters. The number of aliphatic hydroxyl groups excluding tert-OH is 1. The molecule has 3 rings (SSSR count). The van der Waals surface area contributed by atoms with E-state index in [1.54, 1.807) is 6.07 Å². The third-order valence-corrected chi connectivity index (χ3v) is 3.25. The van der Waals surface area contributed by atoms with Crippen LogP contribution in [-0.4, -0.2) is 10.1 Å². The van der Waals surface area contributed by atoms with Gasteiger partial charge in [-0.3, -0.25) is 4.98 Å². The molecule has 0 saturated carbocycles. The van der Waals surface area contributed by atoms with E-state index in [9.17, 15) is 18.3 Å². The largest absolute Gasteiger partial charge is 0.384 e. The second kappa shape index (κ2) is 5.18. The highest BCUT2D eigenvalue weighted by Crippen LogP contribution is 2.26. The minimum Gasteiger partial charge on any atom is -0.384 e. The summed E-state index contributed by atoms with van der Waals surface area (Å²) in [6.45, 7) is 0. The van der Waals surface area contributed by atoms with Crippen LogP contribution in [0.5, 0.6) is 0 Å². The van der Waals surface area contributed by atoms with Gasteiger partial charge in [0.2, 0.25) is 0 Å². The summed E-state index contributed by atoms with van der Waals surface area (Å²) in [6.07, 6.45) is 0.137. The van der Waals surface area contributed by atoms with Gasteiger partial charge in [0.1, 0.15) is 6.10 Å². The minimum atomic E-state index is -1.55. The molecule has 0 saturated heterocycles. The van der Waals surface area contributed by atoms with Gasteiger partial charge in [0.05, 0.1) is 5.52 Å². The Balaban J connectivity index is 2.05. The molecule has 0 spiro atoms. The van der Waals surface area contributed by atoms with Crippen LogP contribution in [0.1, 0.15) is 17.2 Å². The molecule has 21 heavy (non-hydrogen) atoms. The molecule has 0 aliphatic carbocycles. The van der Waals surface area contributed by atoms with E-state index in [4.69, 9.17) is 0 Å². The van der Waals surface area contributed by atoms with E-state index in [1.807, 2.05) is 24.3 Å². The Morgan fingerprint density at radius 3 is 2.29 bits per heavy atom. The quantitative estimate of drug-likeness (QED) is 0.729. The number of hydrogen-bond acceptors (Lipinski definition) is 2. The van der Waals surface area contributed by atoms with Crippen molar-refractivity contribution < 1.29 is 18.3 Å². The Labute approximate surface area is 118 Å². The van der Waals surface area contributed by atoms with Gasteiger partial charge < -0.3 is 5.11 Å². The van der Waals surface area contributed by atoms with Crippen LogP contribution in [-0.2, 0) is 0 Å². The van der Waals surface area contributed by atoms with Gasteiger partial charge in [-0.2, -0.15) is 0 Å². The number of aliphatic hydroxyl groups is 1. The average molecular weight is 289 g/mol. The van der Waals surface area contributed by atoms with E-state index < -0.39 is 23.6 Å². The van der Waals surface area contributed by atoms with Gasteiger partial charge in [-0.25, -0.2) is 13.2 Å². The predicted octanol–water partition coefficient (Wildman–Crippen LogP) is 3.73. The minimum absolute atomic E-state index is 0.0662. The lowest BCUT2D eigenvalue weighted by Gasteiger charge is -2.12. The molecule has 3 aromatic rings. The van der Waals surface area contributed by atoms with E-state index in [1.165, 1.54) is 6.20 Å². The first-order valence-electron chi connectivity index (χ1n) is 6.23. The first kappa shape index (κ1) is 13.6. The number of fused-ring (bicyclic) bond motifs is 1. The molecule has 1 heterocycles. The fourth-order valence-corrected chi connectivity index (χ4v) is 2.16. The molecule has 0 bridgehead atoms. The van der Waals surface area contributed by atoms with Crippen LogP contribution in [0.4, 0.5) is 13.2 Å². The monoisotopic (exact) mass is 289 g/mol.